The molecular weight excluding hydrogens is 152 g/mol. The van der Waals surface area contributed by atoms with Crippen LogP contribution in [0.5, 0.6) is 0 Å². The van der Waals surface area contributed by atoms with E-state index < -0.39 is 6.04 Å². The number of carbonyl (C=O) groups excluding carboxylic acids is 1. The molecule has 1 rings (SSSR count). The molecule has 5 heteroatoms. The van der Waals surface area contributed by atoms with Gasteiger partial charge in [0, 0.05) is 13.5 Å². The van der Waals surface area contributed by atoms with E-state index in [9.17, 15) is 4.79 Å². The van der Waals surface area contributed by atoms with E-state index >= 15 is 0 Å². The monoisotopic (exact) mass is 162 g/mol. The van der Waals surface area contributed by atoms with Gasteiger partial charge in [-0.3, -0.25) is 9.10 Å². The van der Waals surface area contributed by atoms with Crippen LogP contribution in [0.2, 0.25) is 0 Å². The standard InChI is InChI=1S/C5H10N2O2S/c1-9-4-2-3(6)5(8)7(4)10/h3-4,10H,2,6H2,1H3. The van der Waals surface area contributed by atoms with Crippen molar-refractivity contribution in [3.63, 3.8) is 0 Å². The first-order chi connectivity index (χ1) is 4.66. The Bertz CT molecular complexity index is 153. The summed E-state index contributed by atoms with van der Waals surface area (Å²) in [5.74, 6) is -0.171. The first-order valence-electron chi connectivity index (χ1n) is 2.97. The maximum atomic E-state index is 10.9. The minimum atomic E-state index is -0.442. The van der Waals surface area contributed by atoms with Crippen molar-refractivity contribution >= 4 is 18.7 Å². The highest BCUT2D eigenvalue weighted by molar-refractivity contribution is 7.78. The largest absolute Gasteiger partial charge is 0.361 e. The highest BCUT2D eigenvalue weighted by atomic mass is 32.1. The van der Waals surface area contributed by atoms with Gasteiger partial charge >= 0.3 is 0 Å². The number of amides is 1. The van der Waals surface area contributed by atoms with E-state index in [0.29, 0.717) is 6.42 Å². The number of hydrogen-bond acceptors (Lipinski definition) is 4. The molecule has 0 bridgehead atoms. The average molecular weight is 162 g/mol. The first kappa shape index (κ1) is 7.84. The Kier molecular flexibility index (Phi) is 2.18. The van der Waals surface area contributed by atoms with Gasteiger partial charge in [-0.2, -0.15) is 0 Å². The van der Waals surface area contributed by atoms with Crippen LogP contribution < -0.4 is 5.73 Å². The van der Waals surface area contributed by atoms with Gasteiger partial charge in [0.15, 0.2) is 0 Å². The van der Waals surface area contributed by atoms with Gasteiger partial charge in [0.05, 0.1) is 6.04 Å². The summed E-state index contributed by atoms with van der Waals surface area (Å²) in [6.07, 6.45) is 0.268. The fourth-order valence-corrected chi connectivity index (χ4v) is 1.26. The quantitative estimate of drug-likeness (QED) is 0.504. The van der Waals surface area contributed by atoms with E-state index in [0.717, 1.165) is 0 Å². The molecule has 2 unspecified atom stereocenters. The number of hydrogen-bond donors (Lipinski definition) is 2. The van der Waals surface area contributed by atoms with Gasteiger partial charge in [0.2, 0.25) is 0 Å². The third-order valence-electron chi connectivity index (χ3n) is 1.54. The summed E-state index contributed by atoms with van der Waals surface area (Å²) < 4.78 is 6.14. The zero-order valence-electron chi connectivity index (χ0n) is 5.65. The smallest absolute Gasteiger partial charge is 0.251 e. The van der Waals surface area contributed by atoms with E-state index in [-0.39, 0.29) is 12.1 Å². The lowest BCUT2D eigenvalue weighted by Gasteiger charge is -2.14. The molecule has 1 amide bonds. The van der Waals surface area contributed by atoms with Crippen molar-refractivity contribution in [3.8, 4) is 0 Å². The van der Waals surface area contributed by atoms with Crippen molar-refractivity contribution in [2.45, 2.75) is 18.7 Å². The molecule has 1 fully saturated rings. The van der Waals surface area contributed by atoms with Crippen molar-refractivity contribution in [3.05, 3.63) is 0 Å². The second-order valence-electron chi connectivity index (χ2n) is 2.22. The van der Waals surface area contributed by atoms with Gasteiger partial charge < -0.3 is 10.5 Å². The second kappa shape index (κ2) is 2.77. The van der Waals surface area contributed by atoms with Crippen molar-refractivity contribution in [1.29, 1.82) is 0 Å². The lowest BCUT2D eigenvalue weighted by atomic mass is 10.3. The van der Waals surface area contributed by atoms with Crippen LogP contribution in [0.15, 0.2) is 0 Å². The molecule has 2 N–H and O–H groups in total. The molecule has 0 saturated carbocycles. The van der Waals surface area contributed by atoms with Crippen molar-refractivity contribution in [1.82, 2.24) is 4.31 Å². The summed E-state index contributed by atoms with van der Waals surface area (Å²) >= 11 is 3.90. The third-order valence-corrected chi connectivity index (χ3v) is 2.00. The Labute approximate surface area is 64.9 Å². The van der Waals surface area contributed by atoms with Crippen LogP contribution in [0.4, 0.5) is 0 Å². The number of carbonyl (C=O) groups is 1. The van der Waals surface area contributed by atoms with Crippen molar-refractivity contribution in [2.75, 3.05) is 7.11 Å². The summed E-state index contributed by atoms with van der Waals surface area (Å²) in [4.78, 5) is 10.9. The molecule has 10 heavy (non-hydrogen) atoms. The van der Waals surface area contributed by atoms with Crippen LogP contribution in [0.25, 0.3) is 0 Å². The predicted molar refractivity (Wildman–Crippen MR) is 39.2 cm³/mol. The fraction of sp³-hybridized carbons (Fsp3) is 0.800. The lowest BCUT2D eigenvalue weighted by Crippen LogP contribution is -2.30. The van der Waals surface area contributed by atoms with Crippen LogP contribution in [0, 0.1) is 0 Å². The molecule has 1 heterocycles. The molecule has 1 aliphatic rings. The Morgan fingerprint density at radius 3 is 2.70 bits per heavy atom. The minimum absolute atomic E-state index is 0.171. The second-order valence-corrected chi connectivity index (χ2v) is 2.65. The molecule has 1 saturated heterocycles. The van der Waals surface area contributed by atoms with E-state index in [4.69, 9.17) is 10.5 Å². The molecule has 2 atom stereocenters. The molecule has 4 nitrogen and oxygen atoms in total. The number of ether oxygens (including phenoxy) is 1. The summed E-state index contributed by atoms with van der Waals surface area (Å²) in [5, 5.41) is 0. The van der Waals surface area contributed by atoms with Crippen LogP contribution in [0.3, 0.4) is 0 Å². The maximum Gasteiger partial charge on any atom is 0.251 e. The zero-order valence-corrected chi connectivity index (χ0v) is 6.54. The maximum absolute atomic E-state index is 10.9. The van der Waals surface area contributed by atoms with E-state index in [1.807, 2.05) is 0 Å². The Morgan fingerprint density at radius 2 is 2.50 bits per heavy atom. The Morgan fingerprint density at radius 1 is 1.90 bits per heavy atom. The number of thiol groups is 1. The molecule has 58 valence electrons. The SMILES string of the molecule is COC1CC(N)C(=O)N1S. The Balaban J connectivity index is 2.61. The number of methoxy groups -OCH3 is 1. The lowest BCUT2D eigenvalue weighted by molar-refractivity contribution is -0.127. The first-order valence-corrected chi connectivity index (χ1v) is 3.37. The van der Waals surface area contributed by atoms with Crippen molar-refractivity contribution in [2.24, 2.45) is 5.73 Å². The summed E-state index contributed by atoms with van der Waals surface area (Å²) in [6, 6.07) is -0.442. The van der Waals surface area contributed by atoms with E-state index in [1.165, 1.54) is 11.4 Å². The van der Waals surface area contributed by atoms with Crippen LogP contribution in [-0.4, -0.2) is 29.6 Å². The van der Waals surface area contributed by atoms with Gasteiger partial charge in [0.25, 0.3) is 5.91 Å². The molecule has 0 aromatic rings. The highest BCUT2D eigenvalue weighted by Crippen LogP contribution is 2.19. The zero-order chi connectivity index (χ0) is 7.72. The number of rotatable bonds is 1. The number of nitrogens with zero attached hydrogens (tertiary/aromatic N) is 1. The third kappa shape index (κ3) is 1.12. The normalized spacial score (nSPS) is 33.5. The number of nitrogens with two attached hydrogens (primary N) is 1. The van der Waals surface area contributed by atoms with E-state index in [1.54, 1.807) is 0 Å². The van der Waals surface area contributed by atoms with Gasteiger partial charge in [-0.05, 0) is 0 Å². The molecule has 0 aliphatic carbocycles. The molecule has 0 spiro atoms. The molecule has 0 aromatic heterocycles. The summed E-state index contributed by atoms with van der Waals surface area (Å²) in [7, 11) is 1.53. The Hall–Kier alpha value is -0.260. The van der Waals surface area contributed by atoms with Crippen LogP contribution in [0.1, 0.15) is 6.42 Å². The predicted octanol–water partition coefficient (Wildman–Crippen LogP) is -0.637. The van der Waals surface area contributed by atoms with Gasteiger partial charge in [-0.25, -0.2) is 0 Å². The van der Waals surface area contributed by atoms with Gasteiger partial charge in [-0.15, -0.1) is 0 Å². The van der Waals surface area contributed by atoms with E-state index in [2.05, 4.69) is 12.8 Å². The van der Waals surface area contributed by atoms with Gasteiger partial charge in [0.1, 0.15) is 6.23 Å². The molecular formula is C5H10N2O2S. The van der Waals surface area contributed by atoms with Crippen LogP contribution >= 0.6 is 12.8 Å². The molecule has 1 aliphatic heterocycles. The van der Waals surface area contributed by atoms with Crippen LogP contribution in [-0.2, 0) is 9.53 Å². The fourth-order valence-electron chi connectivity index (χ4n) is 0.926. The summed E-state index contributed by atoms with van der Waals surface area (Å²) in [6.45, 7) is 0. The van der Waals surface area contributed by atoms with Gasteiger partial charge in [-0.1, -0.05) is 12.8 Å². The highest BCUT2D eigenvalue weighted by Gasteiger charge is 2.35. The minimum Gasteiger partial charge on any atom is -0.361 e. The van der Waals surface area contributed by atoms with Crippen molar-refractivity contribution < 1.29 is 9.53 Å². The summed E-state index contributed by atoms with van der Waals surface area (Å²) in [5.41, 5.74) is 5.41. The topological polar surface area (TPSA) is 55.6 Å². The molecule has 0 aromatic carbocycles. The average Bonchev–Trinajstić information content (AvgIpc) is 2.17. The molecule has 0 radical (unpaired) electrons.